The molecule has 1 amide bonds. The number of nitrogens with one attached hydrogen (secondary N) is 1. The first-order chi connectivity index (χ1) is 10.3. The van der Waals surface area contributed by atoms with E-state index in [-0.39, 0.29) is 5.91 Å². The lowest BCUT2D eigenvalue weighted by atomic mass is 10.1. The van der Waals surface area contributed by atoms with Crippen molar-refractivity contribution >= 4 is 5.91 Å². The van der Waals surface area contributed by atoms with E-state index < -0.39 is 0 Å². The van der Waals surface area contributed by atoms with Crippen molar-refractivity contribution in [3.8, 4) is 11.8 Å². The summed E-state index contributed by atoms with van der Waals surface area (Å²) in [5.41, 5.74) is 6.75. The minimum absolute atomic E-state index is 0.0834. The molecule has 0 saturated heterocycles. The summed E-state index contributed by atoms with van der Waals surface area (Å²) in [5, 5.41) is 2.88. The number of amides is 1. The Labute approximate surface area is 127 Å². The van der Waals surface area contributed by atoms with E-state index in [2.05, 4.69) is 24.1 Å². The van der Waals surface area contributed by atoms with Gasteiger partial charge in [-0.25, -0.2) is 0 Å². The summed E-state index contributed by atoms with van der Waals surface area (Å²) in [7, 11) is 0. The minimum atomic E-state index is -0.0834. The normalized spacial score (nSPS) is 9.81. The summed E-state index contributed by atoms with van der Waals surface area (Å²) in [4.78, 5) is 12.0. The highest BCUT2D eigenvalue weighted by atomic mass is 16.5. The molecule has 0 aliphatic heterocycles. The lowest BCUT2D eigenvalue weighted by Crippen LogP contribution is -2.25. The average molecular weight is 288 g/mol. The number of hydrogen-bond donors (Lipinski definition) is 2. The third kappa shape index (κ3) is 7.50. The van der Waals surface area contributed by atoms with E-state index in [4.69, 9.17) is 10.5 Å². The van der Waals surface area contributed by atoms with Gasteiger partial charge in [0.2, 0.25) is 0 Å². The molecule has 0 saturated carbocycles. The molecule has 1 aromatic rings. The Morgan fingerprint density at radius 3 is 2.90 bits per heavy atom. The molecule has 0 aliphatic rings. The van der Waals surface area contributed by atoms with Gasteiger partial charge >= 0.3 is 0 Å². The predicted molar refractivity (Wildman–Crippen MR) is 85.1 cm³/mol. The van der Waals surface area contributed by atoms with Crippen LogP contribution < -0.4 is 11.1 Å². The van der Waals surface area contributed by atoms with E-state index in [9.17, 15) is 4.79 Å². The van der Waals surface area contributed by atoms with Gasteiger partial charge in [-0.1, -0.05) is 31.3 Å². The summed E-state index contributed by atoms with van der Waals surface area (Å²) in [6.07, 6.45) is 3.05. The highest BCUT2D eigenvalue weighted by molar-refractivity contribution is 5.94. The van der Waals surface area contributed by atoms with Gasteiger partial charge in [0.15, 0.2) is 0 Å². The van der Waals surface area contributed by atoms with Gasteiger partial charge in [0.05, 0.1) is 6.54 Å². The Kier molecular flexibility index (Phi) is 8.94. The number of benzene rings is 1. The van der Waals surface area contributed by atoms with Crippen molar-refractivity contribution in [2.45, 2.75) is 26.2 Å². The molecule has 3 N–H and O–H groups in total. The van der Waals surface area contributed by atoms with Gasteiger partial charge < -0.3 is 15.8 Å². The van der Waals surface area contributed by atoms with Crippen molar-refractivity contribution in [3.05, 3.63) is 35.4 Å². The van der Waals surface area contributed by atoms with E-state index >= 15 is 0 Å². The lowest BCUT2D eigenvalue weighted by molar-refractivity contribution is 0.0940. The van der Waals surface area contributed by atoms with E-state index in [0.717, 1.165) is 31.4 Å². The molecule has 4 heteroatoms. The molecule has 1 aromatic carbocycles. The summed E-state index contributed by atoms with van der Waals surface area (Å²) in [6.45, 7) is 4.54. The van der Waals surface area contributed by atoms with Gasteiger partial charge in [-0.2, -0.15) is 0 Å². The molecule has 0 radical (unpaired) electrons. The van der Waals surface area contributed by atoms with Crippen LogP contribution >= 0.6 is 0 Å². The number of rotatable bonds is 8. The average Bonchev–Trinajstić information content (AvgIpc) is 2.52. The Morgan fingerprint density at radius 1 is 1.33 bits per heavy atom. The van der Waals surface area contributed by atoms with Crippen LogP contribution in [0.3, 0.4) is 0 Å². The van der Waals surface area contributed by atoms with Crippen LogP contribution in [0, 0.1) is 11.8 Å². The number of nitrogens with two attached hydrogens (primary N) is 1. The molecule has 0 spiro atoms. The van der Waals surface area contributed by atoms with Crippen molar-refractivity contribution in [1.82, 2.24) is 5.32 Å². The van der Waals surface area contributed by atoms with Crippen LogP contribution in [0.1, 0.15) is 42.1 Å². The van der Waals surface area contributed by atoms with Gasteiger partial charge in [-0.3, -0.25) is 4.79 Å². The first-order valence-corrected chi connectivity index (χ1v) is 7.43. The van der Waals surface area contributed by atoms with Crippen molar-refractivity contribution in [2.24, 2.45) is 5.73 Å². The van der Waals surface area contributed by atoms with Crippen LogP contribution in [0.5, 0.6) is 0 Å². The molecule has 114 valence electrons. The van der Waals surface area contributed by atoms with Crippen LogP contribution in [0.4, 0.5) is 0 Å². The third-order valence-electron chi connectivity index (χ3n) is 2.85. The highest BCUT2D eigenvalue weighted by Gasteiger charge is 2.04. The zero-order chi connectivity index (χ0) is 15.3. The molecule has 4 nitrogen and oxygen atoms in total. The van der Waals surface area contributed by atoms with Crippen LogP contribution in [0.2, 0.25) is 0 Å². The molecule has 0 bridgehead atoms. The standard InChI is InChI=1S/C17H24N2O2/c1-2-3-12-21-13-6-11-19-17(20)16-9-4-7-15(14-16)8-5-10-18/h4,7,9,14H,2-3,6,10-13,18H2,1H3,(H,19,20). The highest BCUT2D eigenvalue weighted by Crippen LogP contribution is 2.04. The summed E-state index contributed by atoms with van der Waals surface area (Å²) >= 11 is 0. The van der Waals surface area contributed by atoms with Crippen LogP contribution in [0.15, 0.2) is 24.3 Å². The maximum atomic E-state index is 12.0. The smallest absolute Gasteiger partial charge is 0.251 e. The Bertz CT molecular complexity index is 489. The number of carbonyl (C=O) groups is 1. The molecule has 0 fully saturated rings. The number of carbonyl (C=O) groups excluding carboxylic acids is 1. The number of ether oxygens (including phenoxy) is 1. The molecule has 21 heavy (non-hydrogen) atoms. The van der Waals surface area contributed by atoms with Crippen LogP contribution in [-0.4, -0.2) is 32.2 Å². The summed E-state index contributed by atoms with van der Waals surface area (Å²) in [6, 6.07) is 7.24. The lowest BCUT2D eigenvalue weighted by Gasteiger charge is -2.06. The quantitative estimate of drug-likeness (QED) is 0.567. The topological polar surface area (TPSA) is 64.3 Å². The first-order valence-electron chi connectivity index (χ1n) is 7.43. The van der Waals surface area contributed by atoms with E-state index in [1.165, 1.54) is 0 Å². The third-order valence-corrected chi connectivity index (χ3v) is 2.85. The maximum Gasteiger partial charge on any atom is 0.251 e. The second-order valence-electron chi connectivity index (χ2n) is 4.66. The van der Waals surface area contributed by atoms with Crippen LogP contribution in [-0.2, 0) is 4.74 Å². The summed E-state index contributed by atoms with van der Waals surface area (Å²) < 4.78 is 5.44. The first kappa shape index (κ1) is 17.2. The maximum absolute atomic E-state index is 12.0. The predicted octanol–water partition coefficient (Wildman–Crippen LogP) is 1.93. The molecule has 0 aliphatic carbocycles. The fourth-order valence-electron chi connectivity index (χ4n) is 1.72. The summed E-state index contributed by atoms with van der Waals surface area (Å²) in [5.74, 6) is 5.61. The second-order valence-corrected chi connectivity index (χ2v) is 4.66. The molecule has 0 unspecified atom stereocenters. The van der Waals surface area contributed by atoms with E-state index in [1.807, 2.05) is 12.1 Å². The second kappa shape index (κ2) is 10.9. The fourth-order valence-corrected chi connectivity index (χ4v) is 1.72. The largest absolute Gasteiger partial charge is 0.381 e. The van der Waals surface area contributed by atoms with Gasteiger partial charge in [-0.15, -0.1) is 0 Å². The Hall–Kier alpha value is -1.83. The molecule has 0 heterocycles. The fraction of sp³-hybridized carbons (Fsp3) is 0.471. The van der Waals surface area contributed by atoms with E-state index in [0.29, 0.717) is 25.3 Å². The van der Waals surface area contributed by atoms with Crippen molar-refractivity contribution < 1.29 is 9.53 Å². The Balaban J connectivity index is 2.32. The molecular formula is C17H24N2O2. The molecular weight excluding hydrogens is 264 g/mol. The van der Waals surface area contributed by atoms with Gasteiger partial charge in [0.25, 0.3) is 5.91 Å². The number of unbranched alkanes of at least 4 members (excludes halogenated alkanes) is 1. The van der Waals surface area contributed by atoms with Gasteiger partial charge in [0, 0.05) is 30.9 Å². The van der Waals surface area contributed by atoms with E-state index in [1.54, 1.807) is 12.1 Å². The SMILES string of the molecule is CCCCOCCCNC(=O)c1cccc(C#CCN)c1. The van der Waals surface area contributed by atoms with Crippen molar-refractivity contribution in [2.75, 3.05) is 26.3 Å². The zero-order valence-electron chi connectivity index (χ0n) is 12.7. The van der Waals surface area contributed by atoms with Gasteiger partial charge in [0.1, 0.15) is 0 Å². The monoisotopic (exact) mass is 288 g/mol. The Morgan fingerprint density at radius 2 is 2.14 bits per heavy atom. The molecule has 1 rings (SSSR count). The zero-order valence-corrected chi connectivity index (χ0v) is 12.7. The molecule has 0 atom stereocenters. The number of hydrogen-bond acceptors (Lipinski definition) is 3. The van der Waals surface area contributed by atoms with Crippen molar-refractivity contribution in [1.29, 1.82) is 0 Å². The molecule has 0 aromatic heterocycles. The van der Waals surface area contributed by atoms with Crippen LogP contribution in [0.25, 0.3) is 0 Å². The minimum Gasteiger partial charge on any atom is -0.381 e. The van der Waals surface area contributed by atoms with Crippen molar-refractivity contribution in [3.63, 3.8) is 0 Å². The van der Waals surface area contributed by atoms with Gasteiger partial charge in [-0.05, 0) is 31.0 Å².